The molecule has 0 aromatic heterocycles. The molecule has 78 valence electrons. The summed E-state index contributed by atoms with van der Waals surface area (Å²) in [5.41, 5.74) is 0. The van der Waals surface area contributed by atoms with Gasteiger partial charge in [0.1, 0.15) is 0 Å². The summed E-state index contributed by atoms with van der Waals surface area (Å²) in [5, 5.41) is 0. The average molecular weight is 378 g/mol. The number of unbranched alkanes of at least 4 members (excludes halogenated alkanes) is 6. The minimum atomic E-state index is -0.0943. The molecule has 0 aliphatic heterocycles. The van der Waals surface area contributed by atoms with Crippen LogP contribution in [0, 0.1) is 0 Å². The topological polar surface area (TPSA) is 0 Å². The van der Waals surface area contributed by atoms with E-state index in [0.717, 1.165) is 0 Å². The molecule has 0 aliphatic rings. The summed E-state index contributed by atoms with van der Waals surface area (Å²) in [6.07, 6.45) is 11.9. The standard InChI is InChI=1S/2C6H13.Pb/c2*1-3-5-6-4-2;/h2*1,3-6H2,2H3;. The van der Waals surface area contributed by atoms with E-state index in [9.17, 15) is 0 Å². The molecule has 0 fully saturated rings. The third kappa shape index (κ3) is 12.9. The van der Waals surface area contributed by atoms with Crippen LogP contribution in [0.3, 0.4) is 0 Å². The first-order valence-corrected chi connectivity index (χ1v) is 11.6. The third-order valence-electron chi connectivity index (χ3n) is 2.41. The molecule has 0 N–H and O–H groups in total. The number of hydrogen-bond donors (Lipinski definition) is 0. The van der Waals surface area contributed by atoms with Gasteiger partial charge in [0, 0.05) is 0 Å². The van der Waals surface area contributed by atoms with Crippen LogP contribution >= 0.6 is 0 Å². The van der Waals surface area contributed by atoms with E-state index in [1.54, 1.807) is 20.8 Å². The molecule has 0 saturated carbocycles. The Morgan fingerprint density at radius 1 is 0.615 bits per heavy atom. The second-order valence-electron chi connectivity index (χ2n) is 3.87. The third-order valence-corrected chi connectivity index (χ3v) is 7.91. The van der Waals surface area contributed by atoms with E-state index in [0.29, 0.717) is 0 Å². The molecule has 0 heterocycles. The van der Waals surface area contributed by atoms with Crippen LogP contribution in [0.5, 0.6) is 0 Å². The molecule has 0 amide bonds. The van der Waals surface area contributed by atoms with Gasteiger partial charge >= 0.3 is 97.4 Å². The van der Waals surface area contributed by atoms with Crippen molar-refractivity contribution in [2.75, 3.05) is 0 Å². The molecule has 0 nitrogen and oxygen atoms in total. The molecule has 0 rings (SSSR count). The van der Waals surface area contributed by atoms with E-state index >= 15 is 0 Å². The van der Waals surface area contributed by atoms with Gasteiger partial charge in [-0.3, -0.25) is 0 Å². The molecule has 0 aromatic carbocycles. The Morgan fingerprint density at radius 3 is 1.46 bits per heavy atom. The molecule has 0 aliphatic carbocycles. The van der Waals surface area contributed by atoms with Crippen LogP contribution in [0.2, 0.25) is 7.96 Å². The molecule has 0 spiro atoms. The van der Waals surface area contributed by atoms with Crippen molar-refractivity contribution >= 4 is 24.2 Å². The number of hydrogen-bond acceptors (Lipinski definition) is 0. The SMILES string of the molecule is CCCCC[CH2][Pb][CH2]CCCCC. The molecule has 1 heteroatoms. The Labute approximate surface area is 97.1 Å². The maximum absolute atomic E-state index is 2.30. The van der Waals surface area contributed by atoms with Crippen molar-refractivity contribution in [1.29, 1.82) is 0 Å². The van der Waals surface area contributed by atoms with Crippen LogP contribution in [0.4, 0.5) is 0 Å². The van der Waals surface area contributed by atoms with Gasteiger partial charge in [-0.1, -0.05) is 0 Å². The van der Waals surface area contributed by atoms with Gasteiger partial charge in [0.2, 0.25) is 0 Å². The van der Waals surface area contributed by atoms with Crippen molar-refractivity contribution in [1.82, 2.24) is 0 Å². The molecular weight excluding hydrogens is 351 g/mol. The van der Waals surface area contributed by atoms with Crippen molar-refractivity contribution in [3.8, 4) is 0 Å². The number of rotatable bonds is 10. The van der Waals surface area contributed by atoms with Crippen molar-refractivity contribution in [2.24, 2.45) is 0 Å². The second kappa shape index (κ2) is 12.9. The van der Waals surface area contributed by atoms with Gasteiger partial charge in [0.25, 0.3) is 0 Å². The quantitative estimate of drug-likeness (QED) is 0.383. The van der Waals surface area contributed by atoms with Crippen LogP contribution in [-0.2, 0) is 0 Å². The van der Waals surface area contributed by atoms with Gasteiger partial charge in [0.05, 0.1) is 0 Å². The van der Waals surface area contributed by atoms with Crippen molar-refractivity contribution in [3.63, 3.8) is 0 Å². The normalized spacial score (nSPS) is 10.6. The first-order valence-electron chi connectivity index (χ1n) is 6.12. The zero-order valence-electron chi connectivity index (χ0n) is 9.57. The van der Waals surface area contributed by atoms with Crippen LogP contribution in [0.25, 0.3) is 0 Å². The first-order chi connectivity index (χ1) is 6.41. The summed E-state index contributed by atoms with van der Waals surface area (Å²) in [4.78, 5) is 0. The van der Waals surface area contributed by atoms with Crippen molar-refractivity contribution in [2.45, 2.75) is 73.2 Å². The summed E-state index contributed by atoms with van der Waals surface area (Å²) in [5.74, 6) is 0. The monoisotopic (exact) mass is 378 g/mol. The van der Waals surface area contributed by atoms with Crippen LogP contribution in [0.1, 0.15) is 65.2 Å². The van der Waals surface area contributed by atoms with E-state index in [1.165, 1.54) is 38.5 Å². The van der Waals surface area contributed by atoms with Crippen LogP contribution in [-0.4, -0.2) is 24.2 Å². The van der Waals surface area contributed by atoms with E-state index in [2.05, 4.69) is 13.8 Å². The van der Waals surface area contributed by atoms with Gasteiger partial charge in [-0.25, -0.2) is 0 Å². The molecule has 0 saturated heterocycles. The fraction of sp³-hybridized carbons (Fsp3) is 1.00. The van der Waals surface area contributed by atoms with Gasteiger partial charge < -0.3 is 0 Å². The van der Waals surface area contributed by atoms with Crippen molar-refractivity contribution in [3.05, 3.63) is 0 Å². The van der Waals surface area contributed by atoms with E-state index < -0.39 is 0 Å². The molecule has 2 radical (unpaired) electrons. The van der Waals surface area contributed by atoms with Gasteiger partial charge in [0.15, 0.2) is 0 Å². The zero-order chi connectivity index (χ0) is 9.78. The molecular formula is C12H26Pb. The zero-order valence-corrected chi connectivity index (χ0v) is 13.5. The fourth-order valence-electron chi connectivity index (χ4n) is 1.48. The molecule has 0 aromatic rings. The Kier molecular flexibility index (Phi) is 13.8. The first kappa shape index (κ1) is 13.9. The van der Waals surface area contributed by atoms with Gasteiger partial charge in [-0.15, -0.1) is 0 Å². The Bertz CT molecular complexity index is 71.2. The summed E-state index contributed by atoms with van der Waals surface area (Å²) < 4.78 is 3.35. The maximum atomic E-state index is 2.30. The van der Waals surface area contributed by atoms with E-state index in [4.69, 9.17) is 0 Å². The van der Waals surface area contributed by atoms with Crippen LogP contribution in [0.15, 0.2) is 0 Å². The summed E-state index contributed by atoms with van der Waals surface area (Å²) in [7, 11) is 0. The molecule has 0 bridgehead atoms. The molecule has 0 atom stereocenters. The minimum absolute atomic E-state index is 0.0943. The predicted molar refractivity (Wildman–Crippen MR) is 63.7 cm³/mol. The Hall–Kier alpha value is 0.922. The summed E-state index contributed by atoms with van der Waals surface area (Å²) >= 11 is -0.0943. The second-order valence-corrected chi connectivity index (χ2v) is 9.70. The van der Waals surface area contributed by atoms with E-state index in [1.807, 2.05) is 0 Å². The average Bonchev–Trinajstić information content (AvgIpc) is 2.16. The summed E-state index contributed by atoms with van der Waals surface area (Å²) in [6.45, 7) is 4.60. The fourth-order valence-corrected chi connectivity index (χ4v) is 6.34. The Morgan fingerprint density at radius 2 is 1.08 bits per heavy atom. The Balaban J connectivity index is 2.76. The molecule has 13 heavy (non-hydrogen) atoms. The predicted octanol–water partition coefficient (Wildman–Crippen LogP) is 4.69. The van der Waals surface area contributed by atoms with E-state index in [-0.39, 0.29) is 24.2 Å². The van der Waals surface area contributed by atoms with Crippen molar-refractivity contribution < 1.29 is 0 Å². The van der Waals surface area contributed by atoms with Gasteiger partial charge in [-0.05, 0) is 0 Å². The van der Waals surface area contributed by atoms with Crippen LogP contribution < -0.4 is 0 Å². The summed E-state index contributed by atoms with van der Waals surface area (Å²) in [6, 6.07) is 0. The molecule has 0 unspecified atom stereocenters. The van der Waals surface area contributed by atoms with Gasteiger partial charge in [-0.2, -0.15) is 0 Å².